The van der Waals surface area contributed by atoms with E-state index in [0.717, 1.165) is 22.0 Å². The molecule has 136 valence electrons. The molecule has 0 aliphatic rings. The number of fused-ring (bicyclic) bond motifs is 1. The van der Waals surface area contributed by atoms with Gasteiger partial charge in [0.1, 0.15) is 6.04 Å². The van der Waals surface area contributed by atoms with Crippen LogP contribution in [0.4, 0.5) is 0 Å². The van der Waals surface area contributed by atoms with Gasteiger partial charge < -0.3 is 20.1 Å². The van der Waals surface area contributed by atoms with Crippen molar-refractivity contribution < 1.29 is 14.6 Å². The zero-order chi connectivity index (χ0) is 18.7. The third-order valence-electron chi connectivity index (χ3n) is 4.21. The number of carboxylic acid groups (broad SMARTS) is 1. The van der Waals surface area contributed by atoms with E-state index in [1.54, 1.807) is 12.1 Å². The van der Waals surface area contributed by atoms with Crippen LogP contribution in [0.15, 0.2) is 42.6 Å². The molecule has 7 heteroatoms. The summed E-state index contributed by atoms with van der Waals surface area (Å²) in [6.07, 6.45) is 2.21. The molecule has 0 unspecified atom stereocenters. The molecule has 0 saturated carbocycles. The number of carbonyl (C=O) groups is 1. The first-order chi connectivity index (χ1) is 12.5. The highest BCUT2D eigenvalue weighted by Gasteiger charge is 2.19. The average molecular weight is 393 g/mol. The summed E-state index contributed by atoms with van der Waals surface area (Å²) < 4.78 is 5.12. The van der Waals surface area contributed by atoms with Gasteiger partial charge in [-0.1, -0.05) is 41.4 Å². The smallest absolute Gasteiger partial charge is 0.321 e. The predicted molar refractivity (Wildman–Crippen MR) is 103 cm³/mol. The molecule has 0 amide bonds. The van der Waals surface area contributed by atoms with Crippen molar-refractivity contribution in [1.82, 2.24) is 10.3 Å². The van der Waals surface area contributed by atoms with E-state index in [2.05, 4.69) is 10.3 Å². The number of methoxy groups -OCH3 is 1. The van der Waals surface area contributed by atoms with E-state index in [0.29, 0.717) is 28.8 Å². The average Bonchev–Trinajstić information content (AvgIpc) is 3.01. The van der Waals surface area contributed by atoms with Crippen LogP contribution in [0.3, 0.4) is 0 Å². The van der Waals surface area contributed by atoms with Gasteiger partial charge in [0.25, 0.3) is 0 Å². The number of carboxylic acids is 1. The molecule has 0 saturated heterocycles. The van der Waals surface area contributed by atoms with Crippen molar-refractivity contribution in [1.29, 1.82) is 0 Å². The van der Waals surface area contributed by atoms with E-state index in [1.807, 2.05) is 30.5 Å². The van der Waals surface area contributed by atoms with Crippen LogP contribution in [0.1, 0.15) is 11.1 Å². The SMILES string of the molecule is COc1c(Cl)cc(CN[C@H](Cc2c[nH]c3ccccc23)C(=O)O)cc1Cl. The zero-order valence-electron chi connectivity index (χ0n) is 14.1. The molecule has 0 aliphatic heterocycles. The minimum Gasteiger partial charge on any atom is -0.494 e. The summed E-state index contributed by atoms with van der Waals surface area (Å²) >= 11 is 12.3. The third-order valence-corrected chi connectivity index (χ3v) is 4.77. The van der Waals surface area contributed by atoms with Crippen LogP contribution >= 0.6 is 23.2 Å². The Hall–Kier alpha value is -2.21. The van der Waals surface area contributed by atoms with Crippen LogP contribution < -0.4 is 10.1 Å². The van der Waals surface area contributed by atoms with Gasteiger partial charge in [-0.15, -0.1) is 0 Å². The number of hydrogen-bond donors (Lipinski definition) is 3. The lowest BCUT2D eigenvalue weighted by atomic mass is 10.0. The maximum Gasteiger partial charge on any atom is 0.321 e. The first-order valence-electron chi connectivity index (χ1n) is 8.02. The molecule has 3 N–H and O–H groups in total. The highest BCUT2D eigenvalue weighted by molar-refractivity contribution is 6.37. The van der Waals surface area contributed by atoms with Crippen molar-refractivity contribution in [3.63, 3.8) is 0 Å². The van der Waals surface area contributed by atoms with E-state index in [-0.39, 0.29) is 0 Å². The highest BCUT2D eigenvalue weighted by atomic mass is 35.5. The predicted octanol–water partition coefficient (Wildman–Crippen LogP) is 4.27. The summed E-state index contributed by atoms with van der Waals surface area (Å²) in [5, 5.41) is 14.4. The minimum atomic E-state index is -0.916. The summed E-state index contributed by atoms with van der Waals surface area (Å²) in [6.45, 7) is 0.322. The van der Waals surface area contributed by atoms with Gasteiger partial charge in [0, 0.05) is 30.1 Å². The maximum absolute atomic E-state index is 11.7. The Morgan fingerprint density at radius 1 is 1.27 bits per heavy atom. The fraction of sp³-hybridized carbons (Fsp3) is 0.211. The zero-order valence-corrected chi connectivity index (χ0v) is 15.6. The van der Waals surface area contributed by atoms with Crippen molar-refractivity contribution in [2.75, 3.05) is 7.11 Å². The number of ether oxygens (including phenoxy) is 1. The second-order valence-corrected chi connectivity index (χ2v) is 6.74. The number of aromatic nitrogens is 1. The molecule has 5 nitrogen and oxygen atoms in total. The standard InChI is InChI=1S/C19H18Cl2N2O3/c1-26-18-14(20)6-11(7-15(18)21)9-22-17(19(24)25)8-12-10-23-16-5-3-2-4-13(12)16/h2-7,10,17,22-23H,8-9H2,1H3,(H,24,25)/t17-/m1/s1. The molecule has 2 aromatic carbocycles. The number of hydrogen-bond acceptors (Lipinski definition) is 3. The molecule has 1 heterocycles. The van der Waals surface area contributed by atoms with Gasteiger partial charge in [0.05, 0.1) is 17.2 Å². The first-order valence-corrected chi connectivity index (χ1v) is 8.78. The Balaban J connectivity index is 1.74. The fourth-order valence-corrected chi connectivity index (χ4v) is 3.60. The van der Waals surface area contributed by atoms with Crippen LogP contribution in [-0.4, -0.2) is 29.2 Å². The largest absolute Gasteiger partial charge is 0.494 e. The molecule has 1 atom stereocenters. The van der Waals surface area contributed by atoms with E-state index < -0.39 is 12.0 Å². The highest BCUT2D eigenvalue weighted by Crippen LogP contribution is 2.33. The van der Waals surface area contributed by atoms with Crippen LogP contribution in [0.25, 0.3) is 10.9 Å². The normalized spacial score (nSPS) is 12.3. The van der Waals surface area contributed by atoms with Gasteiger partial charge in [-0.25, -0.2) is 0 Å². The number of para-hydroxylation sites is 1. The number of aliphatic carboxylic acids is 1. The summed E-state index contributed by atoms with van der Waals surface area (Å²) in [5.41, 5.74) is 2.72. The lowest BCUT2D eigenvalue weighted by Gasteiger charge is -2.15. The second kappa shape index (κ2) is 7.99. The van der Waals surface area contributed by atoms with Crippen molar-refractivity contribution in [3.8, 4) is 5.75 Å². The van der Waals surface area contributed by atoms with Gasteiger partial charge in [0.2, 0.25) is 0 Å². The van der Waals surface area contributed by atoms with Crippen molar-refractivity contribution in [2.24, 2.45) is 0 Å². The number of nitrogens with one attached hydrogen (secondary N) is 2. The summed E-state index contributed by atoms with van der Waals surface area (Å²) in [7, 11) is 1.49. The van der Waals surface area contributed by atoms with E-state index >= 15 is 0 Å². The number of aromatic amines is 1. The van der Waals surface area contributed by atoms with Crippen LogP contribution in [0.5, 0.6) is 5.75 Å². The number of rotatable bonds is 7. The molecule has 1 aromatic heterocycles. The van der Waals surface area contributed by atoms with Gasteiger partial charge in [-0.05, 0) is 29.3 Å². The Bertz CT molecular complexity index is 916. The van der Waals surface area contributed by atoms with Gasteiger partial charge in [-0.3, -0.25) is 4.79 Å². The molecule has 3 aromatic rings. The molecule has 0 fully saturated rings. The monoisotopic (exact) mass is 392 g/mol. The lowest BCUT2D eigenvalue weighted by molar-refractivity contribution is -0.139. The summed E-state index contributed by atoms with van der Waals surface area (Å²) in [4.78, 5) is 14.8. The van der Waals surface area contributed by atoms with Gasteiger partial charge in [0.15, 0.2) is 5.75 Å². The van der Waals surface area contributed by atoms with E-state index in [9.17, 15) is 9.90 Å². The fourth-order valence-electron chi connectivity index (χ4n) is 2.92. The third kappa shape index (κ3) is 3.96. The molecular weight excluding hydrogens is 375 g/mol. The maximum atomic E-state index is 11.7. The molecular formula is C19H18Cl2N2O3. The second-order valence-electron chi connectivity index (χ2n) is 5.93. The Morgan fingerprint density at radius 2 is 1.96 bits per heavy atom. The van der Waals surface area contributed by atoms with Gasteiger partial charge in [-0.2, -0.15) is 0 Å². The molecule has 0 spiro atoms. The van der Waals surface area contributed by atoms with Crippen molar-refractivity contribution in [2.45, 2.75) is 19.0 Å². The Morgan fingerprint density at radius 3 is 2.62 bits per heavy atom. The van der Waals surface area contributed by atoms with Crippen LogP contribution in [0.2, 0.25) is 10.0 Å². The van der Waals surface area contributed by atoms with Crippen LogP contribution in [-0.2, 0) is 17.8 Å². The lowest BCUT2D eigenvalue weighted by Crippen LogP contribution is -2.38. The number of halogens is 2. The minimum absolute atomic E-state index is 0.322. The first kappa shape index (κ1) is 18.6. The Labute approximate surface area is 160 Å². The van der Waals surface area contributed by atoms with Crippen LogP contribution in [0, 0.1) is 0 Å². The van der Waals surface area contributed by atoms with Crippen molar-refractivity contribution >= 4 is 40.1 Å². The molecule has 0 radical (unpaired) electrons. The molecule has 26 heavy (non-hydrogen) atoms. The quantitative estimate of drug-likeness (QED) is 0.561. The number of H-pyrrole nitrogens is 1. The topological polar surface area (TPSA) is 74.3 Å². The summed E-state index contributed by atoms with van der Waals surface area (Å²) in [5.74, 6) is -0.508. The van der Waals surface area contributed by atoms with Gasteiger partial charge >= 0.3 is 5.97 Å². The molecule has 0 bridgehead atoms. The summed E-state index contributed by atoms with van der Waals surface area (Å²) in [6, 6.07) is 10.5. The van der Waals surface area contributed by atoms with Crippen molar-refractivity contribution in [3.05, 3.63) is 63.8 Å². The van der Waals surface area contributed by atoms with E-state index in [4.69, 9.17) is 27.9 Å². The number of benzene rings is 2. The Kier molecular flexibility index (Phi) is 5.71. The van der Waals surface area contributed by atoms with E-state index in [1.165, 1.54) is 7.11 Å². The molecule has 3 rings (SSSR count). The molecule has 0 aliphatic carbocycles.